The third-order valence-electron chi connectivity index (χ3n) is 3.28. The van der Waals surface area contributed by atoms with Crippen LogP contribution in [0.15, 0.2) is 0 Å². The van der Waals surface area contributed by atoms with Gasteiger partial charge in [-0.1, -0.05) is 20.3 Å². The van der Waals surface area contributed by atoms with Crippen LogP contribution < -0.4 is 5.32 Å². The van der Waals surface area contributed by atoms with Gasteiger partial charge in [0.2, 0.25) is 0 Å². The molecule has 0 radical (unpaired) electrons. The Bertz CT molecular complexity index is 411. The molecule has 0 fully saturated rings. The second kappa shape index (κ2) is 8.48. The lowest BCUT2D eigenvalue weighted by atomic mass is 9.99. The Morgan fingerprint density at radius 2 is 1.86 bits per heavy atom. The molecule has 0 saturated heterocycles. The highest BCUT2D eigenvalue weighted by atomic mass is 31.2. The topological polar surface area (TPSA) is 127 Å². The summed E-state index contributed by atoms with van der Waals surface area (Å²) in [4.78, 5) is 22.8. The van der Waals surface area contributed by atoms with Crippen molar-refractivity contribution < 1.29 is 29.6 Å². The van der Waals surface area contributed by atoms with Crippen LogP contribution in [0.5, 0.6) is 0 Å². The molecule has 4 N–H and O–H groups in total. The Balaban J connectivity index is 4.51. The summed E-state index contributed by atoms with van der Waals surface area (Å²) in [5.74, 6) is -3.61. The highest BCUT2D eigenvalue weighted by Crippen LogP contribution is 2.40. The fraction of sp³-hybridized carbons (Fsp3) is 0.833. The Labute approximate surface area is 124 Å². The van der Waals surface area contributed by atoms with Gasteiger partial charge in [-0.25, -0.2) is 9.86 Å². The second-order valence-electron chi connectivity index (χ2n) is 5.45. The predicted octanol–water partition coefficient (Wildman–Crippen LogP) is 0.234. The number of hydrogen-bond donors (Lipinski definition) is 4. The molecule has 0 aromatic carbocycles. The minimum atomic E-state index is -2.68. The van der Waals surface area contributed by atoms with Crippen LogP contribution in [0.4, 0.5) is 0 Å². The first kappa shape index (κ1) is 20.1. The Morgan fingerprint density at radius 1 is 1.33 bits per heavy atom. The minimum Gasteiger partial charge on any atom is -0.480 e. The van der Waals surface area contributed by atoms with Gasteiger partial charge in [-0.05, 0) is 19.2 Å². The number of rotatable bonds is 9. The van der Waals surface area contributed by atoms with Gasteiger partial charge in [-0.15, -0.1) is 0 Å². The first-order chi connectivity index (χ1) is 9.52. The van der Waals surface area contributed by atoms with Crippen LogP contribution in [0, 0.1) is 5.92 Å². The van der Waals surface area contributed by atoms with Crippen LogP contribution in [0.1, 0.15) is 20.3 Å². The standard InChI is InChI=1S/C12H25N2O6P/c1-5-8(2)11(12(17)18)14(19)9(15)6-13-7-10(16)21(3,4)20/h8,10-11,13,16,19H,5-7H2,1-4H3,(H,17,18). The molecule has 0 aromatic heterocycles. The van der Waals surface area contributed by atoms with E-state index in [1.807, 2.05) is 0 Å². The van der Waals surface area contributed by atoms with E-state index in [0.29, 0.717) is 6.42 Å². The van der Waals surface area contributed by atoms with Crippen molar-refractivity contribution >= 4 is 19.0 Å². The normalized spacial score (nSPS) is 16.1. The highest BCUT2D eigenvalue weighted by molar-refractivity contribution is 7.62. The van der Waals surface area contributed by atoms with Gasteiger partial charge in [0.1, 0.15) is 13.0 Å². The predicted molar refractivity (Wildman–Crippen MR) is 77.8 cm³/mol. The summed E-state index contributed by atoms with van der Waals surface area (Å²) in [7, 11) is -2.68. The molecule has 9 heteroatoms. The molecular weight excluding hydrogens is 299 g/mol. The maximum absolute atomic E-state index is 11.7. The van der Waals surface area contributed by atoms with Crippen LogP contribution in [-0.2, 0) is 14.2 Å². The van der Waals surface area contributed by atoms with Crippen molar-refractivity contribution in [2.75, 3.05) is 26.4 Å². The van der Waals surface area contributed by atoms with E-state index in [1.54, 1.807) is 13.8 Å². The van der Waals surface area contributed by atoms with E-state index in [0.717, 1.165) is 0 Å². The molecule has 0 bridgehead atoms. The first-order valence-corrected chi connectivity index (χ1v) is 9.36. The molecule has 0 rings (SSSR count). The maximum Gasteiger partial charge on any atom is 0.329 e. The molecule has 0 aliphatic rings. The SMILES string of the molecule is CCC(C)C(C(=O)O)N(O)C(=O)CNCC(O)P(C)(C)=O. The number of carbonyl (C=O) groups is 2. The van der Waals surface area contributed by atoms with Gasteiger partial charge in [-0.3, -0.25) is 10.0 Å². The summed E-state index contributed by atoms with van der Waals surface area (Å²) in [5, 5.41) is 31.1. The molecule has 3 unspecified atom stereocenters. The number of nitrogens with one attached hydrogen (secondary N) is 1. The average Bonchev–Trinajstić information content (AvgIpc) is 2.36. The van der Waals surface area contributed by atoms with Crippen molar-refractivity contribution in [3.8, 4) is 0 Å². The van der Waals surface area contributed by atoms with Crippen LogP contribution in [0.3, 0.4) is 0 Å². The van der Waals surface area contributed by atoms with Gasteiger partial charge < -0.3 is 20.1 Å². The van der Waals surface area contributed by atoms with Crippen molar-refractivity contribution in [1.29, 1.82) is 0 Å². The number of aliphatic carboxylic acids is 1. The molecule has 0 aliphatic carbocycles. The zero-order valence-corrected chi connectivity index (χ0v) is 13.7. The molecular formula is C12H25N2O6P. The lowest BCUT2D eigenvalue weighted by Crippen LogP contribution is -2.49. The molecule has 1 amide bonds. The number of carboxylic acids is 1. The number of hydroxylamine groups is 2. The number of carboxylic acid groups (broad SMARTS) is 1. The summed E-state index contributed by atoms with van der Waals surface area (Å²) in [6.07, 6.45) is 0.488. The van der Waals surface area contributed by atoms with E-state index in [1.165, 1.54) is 13.3 Å². The summed E-state index contributed by atoms with van der Waals surface area (Å²) >= 11 is 0. The summed E-state index contributed by atoms with van der Waals surface area (Å²) < 4.78 is 11.5. The van der Waals surface area contributed by atoms with Crippen molar-refractivity contribution in [3.63, 3.8) is 0 Å². The molecule has 0 aliphatic heterocycles. The van der Waals surface area contributed by atoms with E-state index in [2.05, 4.69) is 5.32 Å². The number of nitrogens with zero attached hydrogens (tertiary/aromatic N) is 1. The average molecular weight is 324 g/mol. The van der Waals surface area contributed by atoms with E-state index < -0.39 is 36.8 Å². The number of amides is 1. The van der Waals surface area contributed by atoms with Gasteiger partial charge in [0.15, 0.2) is 6.04 Å². The molecule has 21 heavy (non-hydrogen) atoms. The van der Waals surface area contributed by atoms with Crippen LogP contribution in [-0.4, -0.2) is 70.7 Å². The van der Waals surface area contributed by atoms with Crippen molar-refractivity contribution in [3.05, 3.63) is 0 Å². The van der Waals surface area contributed by atoms with E-state index in [-0.39, 0.29) is 18.2 Å². The highest BCUT2D eigenvalue weighted by Gasteiger charge is 2.32. The van der Waals surface area contributed by atoms with E-state index in [9.17, 15) is 24.5 Å². The fourth-order valence-electron chi connectivity index (χ4n) is 1.58. The largest absolute Gasteiger partial charge is 0.480 e. The Hall–Kier alpha value is -0.950. The van der Waals surface area contributed by atoms with E-state index >= 15 is 0 Å². The van der Waals surface area contributed by atoms with Gasteiger partial charge in [0.05, 0.1) is 6.54 Å². The molecule has 0 saturated carbocycles. The lowest BCUT2D eigenvalue weighted by molar-refractivity contribution is -0.190. The van der Waals surface area contributed by atoms with Crippen LogP contribution in [0.25, 0.3) is 0 Å². The number of aliphatic hydroxyl groups is 1. The van der Waals surface area contributed by atoms with Crippen LogP contribution in [0.2, 0.25) is 0 Å². The quantitative estimate of drug-likeness (QED) is 0.272. The maximum atomic E-state index is 11.7. The summed E-state index contributed by atoms with van der Waals surface area (Å²) in [5.41, 5.74) is 0. The van der Waals surface area contributed by atoms with Gasteiger partial charge in [0.25, 0.3) is 5.91 Å². The fourth-order valence-corrected chi connectivity index (χ4v) is 2.15. The Kier molecular flexibility index (Phi) is 8.10. The number of hydrogen-bond acceptors (Lipinski definition) is 6. The lowest BCUT2D eigenvalue weighted by Gasteiger charge is -2.27. The second-order valence-corrected chi connectivity index (χ2v) is 8.92. The first-order valence-electron chi connectivity index (χ1n) is 6.69. The Morgan fingerprint density at radius 3 is 2.24 bits per heavy atom. The zero-order valence-electron chi connectivity index (χ0n) is 12.8. The monoisotopic (exact) mass is 324 g/mol. The summed E-state index contributed by atoms with van der Waals surface area (Å²) in [6.45, 7) is 5.79. The number of carbonyl (C=O) groups excluding carboxylic acids is 1. The molecule has 124 valence electrons. The molecule has 0 aromatic rings. The third-order valence-corrected chi connectivity index (χ3v) is 4.89. The van der Waals surface area contributed by atoms with Crippen molar-refractivity contribution in [2.45, 2.75) is 32.2 Å². The molecule has 3 atom stereocenters. The van der Waals surface area contributed by atoms with Crippen LogP contribution >= 0.6 is 7.14 Å². The third kappa shape index (κ3) is 6.56. The summed E-state index contributed by atoms with van der Waals surface area (Å²) in [6, 6.07) is -1.32. The molecule has 0 spiro atoms. The smallest absolute Gasteiger partial charge is 0.329 e. The number of aliphatic hydroxyl groups excluding tert-OH is 1. The molecule has 8 nitrogen and oxygen atoms in total. The minimum absolute atomic E-state index is 0.0784. The molecule has 0 heterocycles. The van der Waals surface area contributed by atoms with Crippen molar-refractivity contribution in [1.82, 2.24) is 10.4 Å². The van der Waals surface area contributed by atoms with Crippen molar-refractivity contribution in [2.24, 2.45) is 5.92 Å². The zero-order chi connectivity index (χ0) is 16.8. The van der Waals surface area contributed by atoms with Gasteiger partial charge >= 0.3 is 5.97 Å². The van der Waals surface area contributed by atoms with Gasteiger partial charge in [0, 0.05) is 6.54 Å². The van der Waals surface area contributed by atoms with Gasteiger partial charge in [-0.2, -0.15) is 0 Å². The van der Waals surface area contributed by atoms with E-state index in [4.69, 9.17) is 5.11 Å².